The molecule has 0 bridgehead atoms. The standard InChI is InChI=1S/C17H20N4O2/c1-13(23)20-8-10-21(11-9-20)16-4-2-14(3-5-16)17-18-7-6-15(12-22)19-17/h2-7,22H,8-12H2,1H3. The van der Waals surface area contributed by atoms with Gasteiger partial charge in [-0.25, -0.2) is 9.97 Å². The molecule has 2 aromatic rings. The summed E-state index contributed by atoms with van der Waals surface area (Å²) in [6.07, 6.45) is 1.66. The van der Waals surface area contributed by atoms with Crippen LogP contribution in [0, 0.1) is 0 Å². The first-order valence-corrected chi connectivity index (χ1v) is 7.71. The molecule has 1 amide bonds. The average Bonchev–Trinajstić information content (AvgIpc) is 2.62. The van der Waals surface area contributed by atoms with Gasteiger partial charge in [0.25, 0.3) is 0 Å². The van der Waals surface area contributed by atoms with Crippen LogP contribution in [0.1, 0.15) is 12.6 Å². The molecule has 0 spiro atoms. The minimum Gasteiger partial charge on any atom is -0.390 e. The van der Waals surface area contributed by atoms with Crippen LogP contribution >= 0.6 is 0 Å². The van der Waals surface area contributed by atoms with Crippen LogP contribution in [0.25, 0.3) is 11.4 Å². The molecule has 23 heavy (non-hydrogen) atoms. The number of aliphatic hydroxyl groups excluding tert-OH is 1. The van der Waals surface area contributed by atoms with Crippen LogP contribution in [0.15, 0.2) is 36.5 Å². The van der Waals surface area contributed by atoms with E-state index in [-0.39, 0.29) is 12.5 Å². The number of nitrogens with zero attached hydrogens (tertiary/aromatic N) is 4. The lowest BCUT2D eigenvalue weighted by atomic mass is 10.1. The van der Waals surface area contributed by atoms with Crippen LogP contribution in [0.4, 0.5) is 5.69 Å². The Morgan fingerprint density at radius 3 is 2.43 bits per heavy atom. The third-order valence-corrected chi connectivity index (χ3v) is 4.09. The van der Waals surface area contributed by atoms with Crippen molar-refractivity contribution in [2.24, 2.45) is 0 Å². The summed E-state index contributed by atoms with van der Waals surface area (Å²) in [6.45, 7) is 4.74. The van der Waals surface area contributed by atoms with Gasteiger partial charge in [0.2, 0.25) is 5.91 Å². The molecule has 2 heterocycles. The molecule has 0 radical (unpaired) electrons. The lowest BCUT2D eigenvalue weighted by Gasteiger charge is -2.35. The van der Waals surface area contributed by atoms with E-state index in [0.717, 1.165) is 37.4 Å². The summed E-state index contributed by atoms with van der Waals surface area (Å²) in [4.78, 5) is 24.1. The molecule has 0 unspecified atom stereocenters. The summed E-state index contributed by atoms with van der Waals surface area (Å²) in [5, 5.41) is 9.16. The lowest BCUT2D eigenvalue weighted by Crippen LogP contribution is -2.48. The third-order valence-electron chi connectivity index (χ3n) is 4.09. The Labute approximate surface area is 135 Å². The monoisotopic (exact) mass is 312 g/mol. The number of aromatic nitrogens is 2. The van der Waals surface area contributed by atoms with Crippen molar-refractivity contribution < 1.29 is 9.90 Å². The topological polar surface area (TPSA) is 69.6 Å². The molecular weight excluding hydrogens is 292 g/mol. The number of rotatable bonds is 3. The van der Waals surface area contributed by atoms with Crippen LogP contribution in [-0.2, 0) is 11.4 Å². The van der Waals surface area contributed by atoms with Crippen molar-refractivity contribution >= 4 is 11.6 Å². The molecule has 0 aliphatic carbocycles. The van der Waals surface area contributed by atoms with Crippen LogP contribution < -0.4 is 4.90 Å². The van der Waals surface area contributed by atoms with Gasteiger partial charge in [0.05, 0.1) is 12.3 Å². The SMILES string of the molecule is CC(=O)N1CCN(c2ccc(-c3nccc(CO)n3)cc2)CC1. The minimum absolute atomic E-state index is 0.0893. The van der Waals surface area contributed by atoms with E-state index in [1.807, 2.05) is 29.2 Å². The molecule has 6 nitrogen and oxygen atoms in total. The fraction of sp³-hybridized carbons (Fsp3) is 0.353. The molecule has 120 valence electrons. The first-order valence-electron chi connectivity index (χ1n) is 7.71. The van der Waals surface area contributed by atoms with Crippen molar-refractivity contribution in [1.82, 2.24) is 14.9 Å². The van der Waals surface area contributed by atoms with Gasteiger partial charge in [-0.05, 0) is 30.3 Å². The molecule has 3 rings (SSSR count). The van der Waals surface area contributed by atoms with E-state index >= 15 is 0 Å². The summed E-state index contributed by atoms with van der Waals surface area (Å²) in [5.74, 6) is 0.755. The van der Waals surface area contributed by atoms with E-state index in [9.17, 15) is 4.79 Å². The fourth-order valence-corrected chi connectivity index (χ4v) is 2.72. The smallest absolute Gasteiger partial charge is 0.219 e. The van der Waals surface area contributed by atoms with Crippen LogP contribution in [0.2, 0.25) is 0 Å². The summed E-state index contributed by atoms with van der Waals surface area (Å²) in [6, 6.07) is 9.78. The summed E-state index contributed by atoms with van der Waals surface area (Å²) in [5.41, 5.74) is 2.67. The first-order chi connectivity index (χ1) is 11.2. The van der Waals surface area contributed by atoms with Crippen molar-refractivity contribution in [1.29, 1.82) is 0 Å². The molecule has 0 atom stereocenters. The van der Waals surface area contributed by atoms with Gasteiger partial charge < -0.3 is 14.9 Å². The molecular formula is C17H20N4O2. The number of piperazine rings is 1. The van der Waals surface area contributed by atoms with Gasteiger partial charge in [0.15, 0.2) is 5.82 Å². The zero-order valence-electron chi connectivity index (χ0n) is 13.1. The molecule has 1 aromatic carbocycles. The lowest BCUT2D eigenvalue weighted by molar-refractivity contribution is -0.129. The summed E-state index contributed by atoms with van der Waals surface area (Å²) in [7, 11) is 0. The number of anilines is 1. The fourth-order valence-electron chi connectivity index (χ4n) is 2.72. The number of hydrogen-bond donors (Lipinski definition) is 1. The Kier molecular flexibility index (Phi) is 4.52. The van der Waals surface area contributed by atoms with Gasteiger partial charge in [-0.15, -0.1) is 0 Å². The van der Waals surface area contributed by atoms with E-state index in [2.05, 4.69) is 14.9 Å². The highest BCUT2D eigenvalue weighted by atomic mass is 16.3. The molecule has 1 N–H and O–H groups in total. The van der Waals surface area contributed by atoms with E-state index in [0.29, 0.717) is 11.5 Å². The van der Waals surface area contributed by atoms with E-state index in [1.165, 1.54) is 0 Å². The zero-order valence-corrected chi connectivity index (χ0v) is 13.1. The second kappa shape index (κ2) is 6.75. The van der Waals surface area contributed by atoms with Crippen molar-refractivity contribution in [2.75, 3.05) is 31.1 Å². The highest BCUT2D eigenvalue weighted by Crippen LogP contribution is 2.22. The van der Waals surface area contributed by atoms with Gasteiger partial charge in [0, 0.05) is 50.6 Å². The zero-order chi connectivity index (χ0) is 16.2. The van der Waals surface area contributed by atoms with E-state index in [4.69, 9.17) is 5.11 Å². The molecule has 1 fully saturated rings. The predicted octanol–water partition coefficient (Wildman–Crippen LogP) is 1.30. The summed E-state index contributed by atoms with van der Waals surface area (Å²) < 4.78 is 0. The predicted molar refractivity (Wildman–Crippen MR) is 87.9 cm³/mol. The maximum absolute atomic E-state index is 11.4. The van der Waals surface area contributed by atoms with Crippen LogP contribution in [-0.4, -0.2) is 52.1 Å². The highest BCUT2D eigenvalue weighted by molar-refractivity contribution is 5.73. The quantitative estimate of drug-likeness (QED) is 0.925. The van der Waals surface area contributed by atoms with Crippen molar-refractivity contribution in [3.05, 3.63) is 42.2 Å². The normalized spacial score (nSPS) is 14.9. The molecule has 0 saturated carbocycles. The largest absolute Gasteiger partial charge is 0.390 e. The van der Waals surface area contributed by atoms with Crippen molar-refractivity contribution in [3.63, 3.8) is 0 Å². The van der Waals surface area contributed by atoms with Gasteiger partial charge in [-0.1, -0.05) is 0 Å². The van der Waals surface area contributed by atoms with E-state index in [1.54, 1.807) is 19.2 Å². The van der Waals surface area contributed by atoms with Gasteiger partial charge in [-0.3, -0.25) is 4.79 Å². The van der Waals surface area contributed by atoms with Crippen LogP contribution in [0.3, 0.4) is 0 Å². The Morgan fingerprint density at radius 1 is 1.13 bits per heavy atom. The van der Waals surface area contributed by atoms with Crippen molar-refractivity contribution in [3.8, 4) is 11.4 Å². The molecule has 1 aromatic heterocycles. The number of hydrogen-bond acceptors (Lipinski definition) is 5. The van der Waals surface area contributed by atoms with Gasteiger partial charge >= 0.3 is 0 Å². The second-order valence-electron chi connectivity index (χ2n) is 5.57. The molecule has 1 aliphatic heterocycles. The second-order valence-corrected chi connectivity index (χ2v) is 5.57. The Morgan fingerprint density at radius 2 is 1.83 bits per heavy atom. The van der Waals surface area contributed by atoms with E-state index < -0.39 is 0 Å². The maximum atomic E-state index is 11.4. The number of amides is 1. The minimum atomic E-state index is -0.0893. The molecule has 1 aliphatic rings. The Bertz CT molecular complexity index is 679. The van der Waals surface area contributed by atoms with Gasteiger partial charge in [-0.2, -0.15) is 0 Å². The molecule has 6 heteroatoms. The number of carbonyl (C=O) groups is 1. The average molecular weight is 312 g/mol. The maximum Gasteiger partial charge on any atom is 0.219 e. The first kappa shape index (κ1) is 15.4. The number of carbonyl (C=O) groups excluding carboxylic acids is 1. The Balaban J connectivity index is 1.71. The van der Waals surface area contributed by atoms with Crippen molar-refractivity contribution in [2.45, 2.75) is 13.5 Å². The number of aliphatic hydroxyl groups is 1. The van der Waals surface area contributed by atoms with Crippen LogP contribution in [0.5, 0.6) is 0 Å². The van der Waals surface area contributed by atoms with Gasteiger partial charge in [0.1, 0.15) is 0 Å². The Hall–Kier alpha value is -2.47. The highest BCUT2D eigenvalue weighted by Gasteiger charge is 2.18. The number of benzene rings is 1. The molecule has 1 saturated heterocycles. The summed E-state index contributed by atoms with van der Waals surface area (Å²) >= 11 is 0. The third kappa shape index (κ3) is 3.48.